The fourth-order valence-corrected chi connectivity index (χ4v) is 3.12. The molecule has 2 aliphatic heterocycles. The van der Waals surface area contributed by atoms with Crippen LogP contribution in [0.5, 0.6) is 5.75 Å². The van der Waals surface area contributed by atoms with Gasteiger partial charge in [-0.05, 0) is 37.6 Å². The summed E-state index contributed by atoms with van der Waals surface area (Å²) in [5.74, 6) is 0.500. The second kappa shape index (κ2) is 6.42. The molecule has 1 aromatic rings. The summed E-state index contributed by atoms with van der Waals surface area (Å²) >= 11 is 0. The first-order chi connectivity index (χ1) is 10.9. The van der Waals surface area contributed by atoms with Crippen molar-refractivity contribution in [2.75, 3.05) is 33.4 Å². The third-order valence-corrected chi connectivity index (χ3v) is 4.76. The molecule has 128 valence electrons. The summed E-state index contributed by atoms with van der Waals surface area (Å²) in [6.07, 6.45) is 1.80. The molecule has 3 rings (SSSR count). The van der Waals surface area contributed by atoms with E-state index in [0.717, 1.165) is 44.9 Å². The highest BCUT2D eigenvalue weighted by Gasteiger charge is 2.36. The lowest BCUT2D eigenvalue weighted by Gasteiger charge is -2.41. The van der Waals surface area contributed by atoms with Crippen molar-refractivity contribution in [1.82, 2.24) is 4.90 Å². The van der Waals surface area contributed by atoms with Gasteiger partial charge in [-0.2, -0.15) is 0 Å². The monoisotopic (exact) mass is 319 g/mol. The fraction of sp³-hybridized carbons (Fsp3) is 0.684. The number of nitrogens with zero attached hydrogens (tertiary/aromatic N) is 1. The average Bonchev–Trinajstić information content (AvgIpc) is 2.51. The van der Waals surface area contributed by atoms with Crippen LogP contribution in [0.25, 0.3) is 0 Å². The van der Waals surface area contributed by atoms with E-state index in [1.165, 1.54) is 11.1 Å². The largest absolute Gasteiger partial charge is 0.493 e. The quantitative estimate of drug-likeness (QED) is 0.852. The molecule has 1 fully saturated rings. The highest BCUT2D eigenvalue weighted by Crippen LogP contribution is 2.32. The molecule has 1 aromatic carbocycles. The highest BCUT2D eigenvalue weighted by molar-refractivity contribution is 5.41. The van der Waals surface area contributed by atoms with Crippen LogP contribution in [-0.4, -0.2) is 44.1 Å². The zero-order valence-corrected chi connectivity index (χ0v) is 14.9. The van der Waals surface area contributed by atoms with Crippen LogP contribution in [0, 0.1) is 5.41 Å². The van der Waals surface area contributed by atoms with Gasteiger partial charge in [-0.15, -0.1) is 0 Å². The fourth-order valence-electron chi connectivity index (χ4n) is 3.12. The summed E-state index contributed by atoms with van der Waals surface area (Å²) < 4.78 is 18.0. The van der Waals surface area contributed by atoms with Gasteiger partial charge in [0, 0.05) is 24.9 Å². The predicted molar refractivity (Wildman–Crippen MR) is 90.7 cm³/mol. The molecule has 0 bridgehead atoms. The molecule has 4 nitrogen and oxygen atoms in total. The predicted octanol–water partition coefficient (Wildman–Crippen LogP) is 3.23. The Bertz CT molecular complexity index is 546. The van der Waals surface area contributed by atoms with Gasteiger partial charge in [0.15, 0.2) is 5.79 Å². The molecule has 4 heteroatoms. The third kappa shape index (κ3) is 4.06. The molecule has 0 aromatic heterocycles. The van der Waals surface area contributed by atoms with Crippen molar-refractivity contribution in [2.24, 2.45) is 5.41 Å². The van der Waals surface area contributed by atoms with E-state index >= 15 is 0 Å². The zero-order chi connectivity index (χ0) is 16.5. The molecule has 0 amide bonds. The first kappa shape index (κ1) is 16.7. The summed E-state index contributed by atoms with van der Waals surface area (Å²) in [6.45, 7) is 10.5. The van der Waals surface area contributed by atoms with E-state index in [9.17, 15) is 0 Å². The minimum absolute atomic E-state index is 0.102. The van der Waals surface area contributed by atoms with Crippen molar-refractivity contribution in [3.05, 3.63) is 29.3 Å². The smallest absolute Gasteiger partial charge is 0.168 e. The molecule has 2 aliphatic rings. The molecule has 0 radical (unpaired) electrons. The van der Waals surface area contributed by atoms with Crippen LogP contribution in [0.1, 0.15) is 38.3 Å². The van der Waals surface area contributed by atoms with E-state index in [2.05, 4.69) is 44.0 Å². The minimum Gasteiger partial charge on any atom is -0.493 e. The number of fused-ring (bicyclic) bond motifs is 1. The van der Waals surface area contributed by atoms with Crippen molar-refractivity contribution in [2.45, 2.75) is 45.9 Å². The van der Waals surface area contributed by atoms with Crippen LogP contribution in [0.3, 0.4) is 0 Å². The average molecular weight is 319 g/mol. The van der Waals surface area contributed by atoms with Crippen molar-refractivity contribution in [3.8, 4) is 5.75 Å². The first-order valence-corrected chi connectivity index (χ1v) is 8.57. The molecular weight excluding hydrogens is 290 g/mol. The normalized spacial score (nSPS) is 23.3. The Morgan fingerprint density at radius 2 is 1.91 bits per heavy atom. The Morgan fingerprint density at radius 3 is 2.65 bits per heavy atom. The van der Waals surface area contributed by atoms with Gasteiger partial charge in [-0.3, -0.25) is 0 Å². The maximum atomic E-state index is 6.08. The van der Waals surface area contributed by atoms with Crippen molar-refractivity contribution in [3.63, 3.8) is 0 Å². The second-order valence-corrected chi connectivity index (χ2v) is 7.86. The maximum Gasteiger partial charge on any atom is 0.168 e. The lowest BCUT2D eigenvalue weighted by molar-refractivity contribution is -0.293. The number of benzene rings is 1. The van der Waals surface area contributed by atoms with Gasteiger partial charge >= 0.3 is 0 Å². The van der Waals surface area contributed by atoms with Crippen LogP contribution in [0.4, 0.5) is 0 Å². The lowest BCUT2D eigenvalue weighted by atomic mass is 9.94. The van der Waals surface area contributed by atoms with Crippen LogP contribution in [-0.2, 0) is 22.4 Å². The maximum absolute atomic E-state index is 6.08. The van der Waals surface area contributed by atoms with Gasteiger partial charge in [-0.1, -0.05) is 26.0 Å². The van der Waals surface area contributed by atoms with E-state index in [4.69, 9.17) is 14.2 Å². The number of ether oxygens (including phenoxy) is 3. The van der Waals surface area contributed by atoms with Gasteiger partial charge in [0.1, 0.15) is 5.75 Å². The second-order valence-electron chi connectivity index (χ2n) is 7.86. The van der Waals surface area contributed by atoms with Gasteiger partial charge < -0.3 is 19.1 Å². The van der Waals surface area contributed by atoms with Crippen LogP contribution >= 0.6 is 0 Å². The van der Waals surface area contributed by atoms with Crippen LogP contribution in [0.15, 0.2) is 18.2 Å². The van der Waals surface area contributed by atoms with E-state index in [1.54, 1.807) is 0 Å². The van der Waals surface area contributed by atoms with Crippen molar-refractivity contribution < 1.29 is 14.2 Å². The van der Waals surface area contributed by atoms with Gasteiger partial charge in [0.25, 0.3) is 0 Å². The topological polar surface area (TPSA) is 30.9 Å². The molecule has 0 aliphatic carbocycles. The standard InChI is InChI=1S/C19H29NO3/c1-18(2)13-22-19(3,23-14-18)9-11-21-17-7-5-6-15-12-20(4)10-8-16(15)17/h5-7H,8-14H2,1-4H3. The summed E-state index contributed by atoms with van der Waals surface area (Å²) in [5.41, 5.74) is 2.85. The number of hydrogen-bond donors (Lipinski definition) is 0. The van der Waals surface area contributed by atoms with Crippen molar-refractivity contribution >= 4 is 0 Å². The van der Waals surface area contributed by atoms with Crippen LogP contribution < -0.4 is 4.74 Å². The lowest BCUT2D eigenvalue weighted by Crippen LogP contribution is -2.46. The summed E-state index contributed by atoms with van der Waals surface area (Å²) in [7, 11) is 2.16. The molecular formula is C19H29NO3. The minimum atomic E-state index is -0.523. The Hall–Kier alpha value is -1.10. The Kier molecular flexibility index (Phi) is 4.68. The number of hydrogen-bond acceptors (Lipinski definition) is 4. The van der Waals surface area contributed by atoms with Crippen molar-refractivity contribution in [1.29, 1.82) is 0 Å². The Labute approximate surface area is 139 Å². The van der Waals surface area contributed by atoms with Gasteiger partial charge in [-0.25, -0.2) is 0 Å². The van der Waals surface area contributed by atoms with E-state index in [-0.39, 0.29) is 5.41 Å². The van der Waals surface area contributed by atoms with Gasteiger partial charge in [0.05, 0.1) is 19.8 Å². The molecule has 0 unspecified atom stereocenters. The Morgan fingerprint density at radius 1 is 1.17 bits per heavy atom. The highest BCUT2D eigenvalue weighted by atomic mass is 16.7. The summed E-state index contributed by atoms with van der Waals surface area (Å²) in [5, 5.41) is 0. The zero-order valence-electron chi connectivity index (χ0n) is 14.9. The van der Waals surface area contributed by atoms with E-state index in [1.807, 2.05) is 6.92 Å². The Balaban J connectivity index is 1.56. The SMILES string of the molecule is CN1CCc2c(cccc2OCCC2(C)OCC(C)(C)CO2)C1. The van der Waals surface area contributed by atoms with E-state index in [0.29, 0.717) is 6.61 Å². The molecule has 2 heterocycles. The summed E-state index contributed by atoms with van der Waals surface area (Å²) in [6, 6.07) is 6.37. The third-order valence-electron chi connectivity index (χ3n) is 4.76. The molecule has 0 spiro atoms. The van der Waals surface area contributed by atoms with Gasteiger partial charge in [0.2, 0.25) is 0 Å². The van der Waals surface area contributed by atoms with E-state index < -0.39 is 5.79 Å². The molecule has 23 heavy (non-hydrogen) atoms. The molecule has 0 N–H and O–H groups in total. The first-order valence-electron chi connectivity index (χ1n) is 8.57. The molecule has 1 saturated heterocycles. The summed E-state index contributed by atoms with van der Waals surface area (Å²) in [4.78, 5) is 2.35. The van der Waals surface area contributed by atoms with Crippen LogP contribution in [0.2, 0.25) is 0 Å². The number of rotatable bonds is 4. The molecule has 0 saturated carbocycles. The number of likely N-dealkylation sites (N-methyl/N-ethyl adjacent to an activating group) is 1. The molecule has 0 atom stereocenters.